The Bertz CT molecular complexity index is 492. The highest BCUT2D eigenvalue weighted by molar-refractivity contribution is 7.89. The zero-order chi connectivity index (χ0) is 10.2. The number of nitrogens with one attached hydrogen (secondary N) is 1. The predicted octanol–water partition coefficient (Wildman–Crippen LogP) is 0.773. The van der Waals surface area contributed by atoms with Crippen molar-refractivity contribution in [1.82, 2.24) is 0 Å². The third-order valence-electron chi connectivity index (χ3n) is 2.06. The van der Waals surface area contributed by atoms with Crippen LogP contribution in [-0.2, 0) is 10.0 Å². The van der Waals surface area contributed by atoms with E-state index >= 15 is 0 Å². The van der Waals surface area contributed by atoms with Gasteiger partial charge in [-0.25, -0.2) is 13.6 Å². The highest BCUT2D eigenvalue weighted by Gasteiger charge is 2.16. The maximum atomic E-state index is 11.2. The fraction of sp³-hybridized carbons (Fsp3) is 0.111. The lowest BCUT2D eigenvalue weighted by molar-refractivity contribution is 0.598. The molecule has 2 rings (SSSR count). The summed E-state index contributed by atoms with van der Waals surface area (Å²) < 4.78 is 22.4. The zero-order valence-electron chi connectivity index (χ0n) is 7.40. The Morgan fingerprint density at radius 2 is 2.14 bits per heavy atom. The van der Waals surface area contributed by atoms with Gasteiger partial charge in [0.05, 0.1) is 5.69 Å². The SMILES string of the molecule is NS(=O)(=O)c1cccc2c1NCC=C2. The molecule has 0 radical (unpaired) electrons. The molecular formula is C9H10N2O2S. The minimum atomic E-state index is -3.64. The van der Waals surface area contributed by atoms with Crippen molar-refractivity contribution >= 4 is 21.8 Å². The van der Waals surface area contributed by atoms with E-state index in [0.29, 0.717) is 12.2 Å². The molecule has 74 valence electrons. The van der Waals surface area contributed by atoms with Crippen LogP contribution >= 0.6 is 0 Å². The highest BCUT2D eigenvalue weighted by Crippen LogP contribution is 2.27. The van der Waals surface area contributed by atoms with Crippen molar-refractivity contribution < 1.29 is 8.42 Å². The number of benzene rings is 1. The highest BCUT2D eigenvalue weighted by atomic mass is 32.2. The molecule has 0 aliphatic carbocycles. The van der Waals surface area contributed by atoms with Gasteiger partial charge in [-0.05, 0) is 11.6 Å². The van der Waals surface area contributed by atoms with Crippen molar-refractivity contribution in [2.45, 2.75) is 4.90 Å². The molecule has 1 aliphatic heterocycles. The summed E-state index contributed by atoms with van der Waals surface area (Å²) in [5, 5.41) is 8.08. The number of rotatable bonds is 1. The van der Waals surface area contributed by atoms with E-state index in [1.54, 1.807) is 6.07 Å². The second-order valence-electron chi connectivity index (χ2n) is 3.05. The topological polar surface area (TPSA) is 72.2 Å². The van der Waals surface area contributed by atoms with Gasteiger partial charge in [0.2, 0.25) is 10.0 Å². The van der Waals surface area contributed by atoms with Gasteiger partial charge in [-0.15, -0.1) is 0 Å². The third-order valence-corrected chi connectivity index (χ3v) is 3.01. The van der Waals surface area contributed by atoms with E-state index < -0.39 is 10.0 Å². The Hall–Kier alpha value is -1.33. The molecule has 1 aromatic carbocycles. The Morgan fingerprint density at radius 1 is 1.36 bits per heavy atom. The molecule has 4 nitrogen and oxygen atoms in total. The molecule has 0 saturated carbocycles. The molecule has 0 atom stereocenters. The largest absolute Gasteiger partial charge is 0.380 e. The van der Waals surface area contributed by atoms with Crippen LogP contribution < -0.4 is 10.5 Å². The van der Waals surface area contributed by atoms with Crippen LogP contribution in [0.3, 0.4) is 0 Å². The summed E-state index contributed by atoms with van der Waals surface area (Å²) in [5.41, 5.74) is 1.44. The van der Waals surface area contributed by atoms with Gasteiger partial charge in [-0.1, -0.05) is 24.3 Å². The third kappa shape index (κ3) is 1.51. The van der Waals surface area contributed by atoms with E-state index in [-0.39, 0.29) is 4.90 Å². The maximum Gasteiger partial charge on any atom is 0.240 e. The minimum Gasteiger partial charge on any atom is -0.380 e. The molecule has 1 aliphatic rings. The van der Waals surface area contributed by atoms with Crippen LogP contribution in [0.1, 0.15) is 5.56 Å². The smallest absolute Gasteiger partial charge is 0.240 e. The first-order valence-corrected chi connectivity index (χ1v) is 5.70. The van der Waals surface area contributed by atoms with Crippen molar-refractivity contribution in [3.63, 3.8) is 0 Å². The second kappa shape index (κ2) is 3.11. The van der Waals surface area contributed by atoms with Gasteiger partial charge in [-0.3, -0.25) is 0 Å². The summed E-state index contributed by atoms with van der Waals surface area (Å²) in [6.07, 6.45) is 3.80. The van der Waals surface area contributed by atoms with Crippen molar-refractivity contribution in [3.05, 3.63) is 29.8 Å². The van der Waals surface area contributed by atoms with Gasteiger partial charge < -0.3 is 5.32 Å². The molecule has 0 fully saturated rings. The molecule has 0 amide bonds. The average molecular weight is 210 g/mol. The molecule has 1 aromatic rings. The van der Waals surface area contributed by atoms with Gasteiger partial charge in [0.25, 0.3) is 0 Å². The lowest BCUT2D eigenvalue weighted by Gasteiger charge is -2.15. The van der Waals surface area contributed by atoms with Crippen LogP contribution in [0.5, 0.6) is 0 Å². The first-order valence-electron chi connectivity index (χ1n) is 4.15. The second-order valence-corrected chi connectivity index (χ2v) is 4.58. The van der Waals surface area contributed by atoms with Gasteiger partial charge in [-0.2, -0.15) is 0 Å². The maximum absolute atomic E-state index is 11.2. The first kappa shape index (κ1) is 9.23. The Morgan fingerprint density at radius 3 is 2.86 bits per heavy atom. The lowest BCUT2D eigenvalue weighted by atomic mass is 10.1. The molecule has 1 heterocycles. The van der Waals surface area contributed by atoms with Crippen LogP contribution in [0.25, 0.3) is 6.08 Å². The van der Waals surface area contributed by atoms with Gasteiger partial charge >= 0.3 is 0 Å². The van der Waals surface area contributed by atoms with E-state index in [1.165, 1.54) is 6.07 Å². The van der Waals surface area contributed by atoms with Crippen LogP contribution in [0.15, 0.2) is 29.2 Å². The fourth-order valence-corrected chi connectivity index (χ4v) is 2.20. The van der Waals surface area contributed by atoms with Crippen LogP contribution in [-0.4, -0.2) is 15.0 Å². The summed E-state index contributed by atoms with van der Waals surface area (Å²) >= 11 is 0. The van der Waals surface area contributed by atoms with Crippen LogP contribution in [0.2, 0.25) is 0 Å². The van der Waals surface area contributed by atoms with Crippen molar-refractivity contribution in [3.8, 4) is 0 Å². The number of anilines is 1. The molecule has 0 saturated heterocycles. The Balaban J connectivity index is 2.69. The summed E-state index contributed by atoms with van der Waals surface area (Å²) in [6, 6.07) is 5.02. The molecule has 3 N–H and O–H groups in total. The Kier molecular flexibility index (Phi) is 2.05. The molecule has 14 heavy (non-hydrogen) atoms. The number of hydrogen-bond donors (Lipinski definition) is 2. The molecule has 0 unspecified atom stereocenters. The standard InChI is InChI=1S/C9H10N2O2S/c10-14(12,13)8-5-1-3-7-4-2-6-11-9(7)8/h1-5,11H,6H2,(H2,10,12,13). The quantitative estimate of drug-likeness (QED) is 0.719. The predicted molar refractivity (Wildman–Crippen MR) is 55.3 cm³/mol. The number of fused-ring (bicyclic) bond motifs is 1. The average Bonchev–Trinajstić information content (AvgIpc) is 2.15. The number of primary sulfonamides is 1. The van der Waals surface area contributed by atoms with E-state index in [2.05, 4.69) is 5.32 Å². The number of nitrogens with two attached hydrogens (primary N) is 1. The fourth-order valence-electron chi connectivity index (χ4n) is 1.46. The van der Waals surface area contributed by atoms with Gasteiger partial charge in [0.1, 0.15) is 4.90 Å². The molecule has 0 aromatic heterocycles. The van der Waals surface area contributed by atoms with Crippen molar-refractivity contribution in [2.24, 2.45) is 5.14 Å². The molecule has 0 spiro atoms. The Labute approximate surface area is 82.5 Å². The first-order chi connectivity index (χ1) is 6.59. The van der Waals surface area contributed by atoms with E-state index in [9.17, 15) is 8.42 Å². The zero-order valence-corrected chi connectivity index (χ0v) is 8.21. The molecular weight excluding hydrogens is 200 g/mol. The summed E-state index contributed by atoms with van der Waals surface area (Å²) in [7, 11) is -3.64. The van der Waals surface area contributed by atoms with Gasteiger partial charge in [0.15, 0.2) is 0 Å². The molecule has 0 bridgehead atoms. The normalized spacial score (nSPS) is 14.6. The van der Waals surface area contributed by atoms with Crippen molar-refractivity contribution in [2.75, 3.05) is 11.9 Å². The summed E-state index contributed by atoms with van der Waals surface area (Å²) in [4.78, 5) is 0.152. The van der Waals surface area contributed by atoms with E-state index in [1.807, 2.05) is 18.2 Å². The van der Waals surface area contributed by atoms with E-state index in [4.69, 9.17) is 5.14 Å². The monoisotopic (exact) mass is 210 g/mol. The summed E-state index contributed by atoms with van der Waals surface area (Å²) in [5.74, 6) is 0. The number of hydrogen-bond acceptors (Lipinski definition) is 3. The van der Waals surface area contributed by atoms with Gasteiger partial charge in [0, 0.05) is 6.54 Å². The van der Waals surface area contributed by atoms with E-state index in [0.717, 1.165) is 5.56 Å². The minimum absolute atomic E-state index is 0.152. The van der Waals surface area contributed by atoms with Crippen molar-refractivity contribution in [1.29, 1.82) is 0 Å². The lowest BCUT2D eigenvalue weighted by Crippen LogP contribution is -2.16. The molecule has 5 heteroatoms. The summed E-state index contributed by atoms with van der Waals surface area (Å²) in [6.45, 7) is 0.625. The number of para-hydroxylation sites is 1. The number of sulfonamides is 1. The van der Waals surface area contributed by atoms with Crippen LogP contribution in [0.4, 0.5) is 5.69 Å². The van der Waals surface area contributed by atoms with Crippen LogP contribution in [0, 0.1) is 0 Å².